The fourth-order valence-electron chi connectivity index (χ4n) is 2.20. The molecule has 0 fully saturated rings. The minimum Gasteiger partial charge on any atom is -0.379 e. The molecule has 0 bridgehead atoms. The van der Waals surface area contributed by atoms with Crippen LogP contribution in [0.4, 0.5) is 5.69 Å². The third-order valence-electron chi connectivity index (χ3n) is 3.71. The number of aromatic nitrogens is 2. The molecule has 0 amide bonds. The number of aryl methyl sites for hydroxylation is 1. The van der Waals surface area contributed by atoms with Crippen molar-refractivity contribution in [1.82, 2.24) is 9.78 Å². The third-order valence-corrected chi connectivity index (χ3v) is 3.97. The van der Waals surface area contributed by atoms with Gasteiger partial charge in [0.25, 0.3) is 0 Å². The highest BCUT2D eigenvalue weighted by molar-refractivity contribution is 6.17. The zero-order valence-corrected chi connectivity index (χ0v) is 13.6. The second-order valence-corrected chi connectivity index (χ2v) is 5.77. The molecule has 0 aliphatic rings. The summed E-state index contributed by atoms with van der Waals surface area (Å²) < 4.78 is 2.04. The van der Waals surface area contributed by atoms with Crippen LogP contribution < -0.4 is 5.32 Å². The highest BCUT2D eigenvalue weighted by atomic mass is 35.5. The second-order valence-electron chi connectivity index (χ2n) is 5.39. The van der Waals surface area contributed by atoms with E-state index in [1.54, 1.807) is 0 Å². The molecular weight excluding hydrogens is 282 g/mol. The lowest BCUT2D eigenvalue weighted by molar-refractivity contribution is 0.474. The summed E-state index contributed by atoms with van der Waals surface area (Å²) in [4.78, 5) is 0. The predicted octanol–water partition coefficient (Wildman–Crippen LogP) is 4.64. The van der Waals surface area contributed by atoms with Gasteiger partial charge in [-0.05, 0) is 49.9 Å². The first-order valence-corrected chi connectivity index (χ1v) is 8.19. The van der Waals surface area contributed by atoms with Crippen LogP contribution in [-0.4, -0.2) is 15.7 Å². The monoisotopic (exact) mass is 305 g/mol. The lowest BCUT2D eigenvalue weighted by Crippen LogP contribution is -2.06. The van der Waals surface area contributed by atoms with Gasteiger partial charge in [-0.1, -0.05) is 19.1 Å². The number of alkyl halides is 1. The molecule has 1 unspecified atom stereocenters. The molecule has 0 aliphatic carbocycles. The molecule has 0 aliphatic heterocycles. The van der Waals surface area contributed by atoms with Crippen LogP contribution in [0.2, 0.25) is 0 Å². The maximum Gasteiger partial charge on any atom is 0.0815 e. The maximum absolute atomic E-state index is 5.75. The van der Waals surface area contributed by atoms with Gasteiger partial charge >= 0.3 is 0 Å². The van der Waals surface area contributed by atoms with Crippen LogP contribution in [0.15, 0.2) is 36.5 Å². The average Bonchev–Trinajstić information content (AvgIpc) is 2.99. The summed E-state index contributed by atoms with van der Waals surface area (Å²) in [7, 11) is 0. The standard InChI is InChI=1S/C17H24ClN3/c1-3-14(2)21-11-9-17(20-21)13-19-16-8-4-6-15(12-16)7-5-10-18/h4,6,8-9,11-12,14,19H,3,5,7,10,13H2,1-2H3. The van der Waals surface area contributed by atoms with Crippen LogP contribution in [0, 0.1) is 0 Å². The van der Waals surface area contributed by atoms with E-state index in [-0.39, 0.29) is 0 Å². The molecule has 1 heterocycles. The number of halogens is 1. The lowest BCUT2D eigenvalue weighted by atomic mass is 10.1. The molecule has 4 heteroatoms. The number of hydrogen-bond donors (Lipinski definition) is 1. The van der Waals surface area contributed by atoms with Crippen molar-refractivity contribution in [3.05, 3.63) is 47.8 Å². The summed E-state index contributed by atoms with van der Waals surface area (Å²) in [5, 5.41) is 8.04. The normalized spacial score (nSPS) is 12.3. The molecule has 0 saturated carbocycles. The van der Waals surface area contributed by atoms with Crippen molar-refractivity contribution in [3.8, 4) is 0 Å². The second kappa shape index (κ2) is 8.08. The van der Waals surface area contributed by atoms with Gasteiger partial charge in [0.05, 0.1) is 12.2 Å². The van der Waals surface area contributed by atoms with Gasteiger partial charge < -0.3 is 5.32 Å². The number of nitrogens with one attached hydrogen (secondary N) is 1. The Hall–Kier alpha value is -1.48. The summed E-state index contributed by atoms with van der Waals surface area (Å²) in [6.07, 6.45) is 5.20. The first-order valence-electron chi connectivity index (χ1n) is 7.65. The smallest absolute Gasteiger partial charge is 0.0815 e. The Morgan fingerprint density at radius 3 is 2.95 bits per heavy atom. The molecule has 0 radical (unpaired) electrons. The molecule has 1 N–H and O–H groups in total. The van der Waals surface area contributed by atoms with E-state index in [0.29, 0.717) is 11.9 Å². The number of hydrogen-bond acceptors (Lipinski definition) is 2. The van der Waals surface area contributed by atoms with Gasteiger partial charge in [-0.3, -0.25) is 4.68 Å². The van der Waals surface area contributed by atoms with E-state index in [4.69, 9.17) is 11.6 Å². The topological polar surface area (TPSA) is 29.9 Å². The van der Waals surface area contributed by atoms with Gasteiger partial charge in [0, 0.05) is 23.8 Å². The van der Waals surface area contributed by atoms with E-state index in [1.165, 1.54) is 5.56 Å². The van der Waals surface area contributed by atoms with Crippen LogP contribution >= 0.6 is 11.6 Å². The highest BCUT2D eigenvalue weighted by Gasteiger charge is 2.04. The molecule has 2 aromatic rings. The molecule has 21 heavy (non-hydrogen) atoms. The van der Waals surface area contributed by atoms with Gasteiger partial charge in [0.2, 0.25) is 0 Å². The molecule has 2 rings (SSSR count). The largest absolute Gasteiger partial charge is 0.379 e. The Kier molecular flexibility index (Phi) is 6.12. The van der Waals surface area contributed by atoms with Gasteiger partial charge in [0.15, 0.2) is 0 Å². The molecular formula is C17H24ClN3. The van der Waals surface area contributed by atoms with Crippen LogP contribution in [0.1, 0.15) is 44.0 Å². The molecule has 1 aromatic carbocycles. The average molecular weight is 306 g/mol. The number of rotatable bonds is 8. The van der Waals surface area contributed by atoms with Crippen LogP contribution in [0.25, 0.3) is 0 Å². The van der Waals surface area contributed by atoms with E-state index < -0.39 is 0 Å². The number of nitrogens with zero attached hydrogens (tertiary/aromatic N) is 2. The summed E-state index contributed by atoms with van der Waals surface area (Å²) >= 11 is 5.75. The predicted molar refractivity (Wildman–Crippen MR) is 90.0 cm³/mol. The third kappa shape index (κ3) is 4.78. The van der Waals surface area contributed by atoms with Crippen molar-refractivity contribution < 1.29 is 0 Å². The first-order chi connectivity index (χ1) is 10.2. The lowest BCUT2D eigenvalue weighted by Gasteiger charge is -2.09. The Morgan fingerprint density at radius 2 is 2.19 bits per heavy atom. The minimum atomic E-state index is 0.456. The van der Waals surface area contributed by atoms with Gasteiger partial charge in [0.1, 0.15) is 0 Å². The van der Waals surface area contributed by atoms with E-state index in [1.807, 2.05) is 4.68 Å². The zero-order chi connectivity index (χ0) is 15.1. The summed E-state index contributed by atoms with van der Waals surface area (Å²) in [5.41, 5.74) is 3.53. The molecule has 3 nitrogen and oxygen atoms in total. The van der Waals surface area contributed by atoms with E-state index in [2.05, 4.69) is 60.8 Å². The molecule has 1 atom stereocenters. The van der Waals surface area contributed by atoms with Crippen molar-refractivity contribution in [3.63, 3.8) is 0 Å². The fourth-order valence-corrected chi connectivity index (χ4v) is 2.34. The quantitative estimate of drug-likeness (QED) is 0.720. The first kappa shape index (κ1) is 15.9. The minimum absolute atomic E-state index is 0.456. The Labute approximate surface area is 132 Å². The van der Waals surface area contributed by atoms with Gasteiger partial charge in [-0.25, -0.2) is 0 Å². The SMILES string of the molecule is CCC(C)n1ccc(CNc2cccc(CCCCl)c2)n1. The summed E-state index contributed by atoms with van der Waals surface area (Å²) in [5.74, 6) is 0.713. The van der Waals surface area contributed by atoms with Crippen molar-refractivity contribution >= 4 is 17.3 Å². The number of anilines is 1. The van der Waals surface area contributed by atoms with Crippen molar-refractivity contribution in [2.24, 2.45) is 0 Å². The molecule has 1 aromatic heterocycles. The van der Waals surface area contributed by atoms with Gasteiger partial charge in [-0.15, -0.1) is 11.6 Å². The van der Waals surface area contributed by atoms with E-state index >= 15 is 0 Å². The highest BCUT2D eigenvalue weighted by Crippen LogP contribution is 2.14. The van der Waals surface area contributed by atoms with Gasteiger partial charge in [-0.2, -0.15) is 5.10 Å². The zero-order valence-electron chi connectivity index (χ0n) is 12.8. The molecule has 0 spiro atoms. The van der Waals surface area contributed by atoms with Crippen LogP contribution in [0.5, 0.6) is 0 Å². The van der Waals surface area contributed by atoms with Crippen molar-refractivity contribution in [1.29, 1.82) is 0 Å². The van der Waals surface area contributed by atoms with E-state index in [9.17, 15) is 0 Å². The maximum atomic E-state index is 5.75. The Bertz CT molecular complexity index is 550. The van der Waals surface area contributed by atoms with Crippen LogP contribution in [0.3, 0.4) is 0 Å². The Morgan fingerprint density at radius 1 is 1.33 bits per heavy atom. The van der Waals surface area contributed by atoms with E-state index in [0.717, 1.165) is 37.2 Å². The number of benzene rings is 1. The molecule has 0 saturated heterocycles. The van der Waals surface area contributed by atoms with Crippen molar-refractivity contribution in [2.45, 2.75) is 45.7 Å². The van der Waals surface area contributed by atoms with Crippen LogP contribution in [-0.2, 0) is 13.0 Å². The fraction of sp³-hybridized carbons (Fsp3) is 0.471. The Balaban J connectivity index is 1.91. The summed E-state index contributed by atoms with van der Waals surface area (Å²) in [6.45, 7) is 5.11. The molecule has 114 valence electrons. The van der Waals surface area contributed by atoms with Crippen molar-refractivity contribution in [2.75, 3.05) is 11.2 Å². The summed E-state index contributed by atoms with van der Waals surface area (Å²) in [6, 6.07) is 11.1.